The van der Waals surface area contributed by atoms with Crippen LogP contribution in [-0.2, 0) is 34.0 Å². The lowest BCUT2D eigenvalue weighted by Gasteiger charge is -2.35. The number of nitrogens with zero attached hydrogens (tertiary/aromatic N) is 3. The quantitative estimate of drug-likeness (QED) is 0.0941. The fourth-order valence-electron chi connectivity index (χ4n) is 7.57. The fraction of sp³-hybridized carbons (Fsp3) is 0.250. The third kappa shape index (κ3) is 8.69. The highest BCUT2D eigenvalue weighted by molar-refractivity contribution is 5.62. The van der Waals surface area contributed by atoms with Crippen molar-refractivity contribution in [3.8, 4) is 33.8 Å². The number of rotatable bonds is 12. The van der Waals surface area contributed by atoms with Crippen molar-refractivity contribution >= 4 is 0 Å². The molecule has 0 atom stereocenters. The molecule has 0 bridgehead atoms. The van der Waals surface area contributed by atoms with Crippen LogP contribution < -0.4 is 13.7 Å². The molecule has 3 heterocycles. The van der Waals surface area contributed by atoms with Gasteiger partial charge in [0.15, 0.2) is 0 Å². The number of ether oxygens (including phenoxy) is 3. The van der Waals surface area contributed by atoms with E-state index >= 15 is 0 Å². The molecular weight excluding hydrogens is 667 g/mol. The highest BCUT2D eigenvalue weighted by Crippen LogP contribution is 2.30. The van der Waals surface area contributed by atoms with Crippen molar-refractivity contribution in [1.82, 2.24) is 0 Å². The maximum Gasteiger partial charge on any atom is 0.112 e. The molecule has 6 aromatic rings. The Morgan fingerprint density at radius 1 is 0.426 bits per heavy atom. The van der Waals surface area contributed by atoms with Crippen molar-refractivity contribution in [2.45, 2.75) is 78.2 Å². The summed E-state index contributed by atoms with van der Waals surface area (Å²) >= 11 is 0. The van der Waals surface area contributed by atoms with Crippen LogP contribution in [-0.4, -0.2) is 18.3 Å². The SMILES string of the molecule is [CH2-][n+]1cc(COC2CC(OCc3ccc(-c4ccccc4C)[n+]([CH2-])c3)CC(OCc3ccc(-c4ccccc4C)[n+]([CH2-])c3)C2)ccc1-c1ccccc1C. The highest BCUT2D eigenvalue weighted by Gasteiger charge is 2.31. The predicted molar refractivity (Wildman–Crippen MR) is 212 cm³/mol. The summed E-state index contributed by atoms with van der Waals surface area (Å²) in [5, 5.41) is 0. The Morgan fingerprint density at radius 3 is 0.963 bits per heavy atom. The van der Waals surface area contributed by atoms with Crippen LogP contribution in [0.2, 0.25) is 0 Å². The molecule has 6 nitrogen and oxygen atoms in total. The molecule has 1 fully saturated rings. The molecule has 0 aliphatic heterocycles. The summed E-state index contributed by atoms with van der Waals surface area (Å²) in [6, 6.07) is 38.0. The van der Waals surface area contributed by atoms with Gasteiger partial charge in [0.2, 0.25) is 0 Å². The van der Waals surface area contributed by atoms with Crippen LogP contribution in [0, 0.1) is 41.9 Å². The molecule has 0 N–H and O–H groups in total. The first-order valence-corrected chi connectivity index (χ1v) is 18.8. The topological polar surface area (TPSA) is 39.3 Å². The van der Waals surface area contributed by atoms with Crippen molar-refractivity contribution in [3.05, 3.63) is 182 Å². The lowest BCUT2D eigenvalue weighted by atomic mass is 9.92. The van der Waals surface area contributed by atoms with Gasteiger partial charge in [0.25, 0.3) is 0 Å². The number of hydrogen-bond donors (Lipinski definition) is 0. The van der Waals surface area contributed by atoms with Gasteiger partial charge in [-0.2, -0.15) is 0 Å². The molecule has 3 aromatic carbocycles. The zero-order valence-electron chi connectivity index (χ0n) is 31.8. The van der Waals surface area contributed by atoms with E-state index in [-0.39, 0.29) is 18.3 Å². The third-order valence-corrected chi connectivity index (χ3v) is 10.6. The number of pyridine rings is 3. The third-order valence-electron chi connectivity index (χ3n) is 10.6. The smallest absolute Gasteiger partial charge is 0.112 e. The minimum atomic E-state index is -0.0227. The summed E-state index contributed by atoms with van der Waals surface area (Å²) < 4.78 is 25.7. The van der Waals surface area contributed by atoms with E-state index in [0.29, 0.717) is 19.8 Å². The van der Waals surface area contributed by atoms with Crippen LogP contribution in [0.25, 0.3) is 33.8 Å². The van der Waals surface area contributed by atoms with Gasteiger partial charge in [-0.25, -0.2) is 0 Å². The average molecular weight is 718 g/mol. The van der Waals surface area contributed by atoms with Gasteiger partial charge in [0.1, 0.15) is 17.1 Å². The summed E-state index contributed by atoms with van der Waals surface area (Å²) in [7, 11) is 12.9. The molecule has 1 aliphatic rings. The van der Waals surface area contributed by atoms with Gasteiger partial charge in [-0.3, -0.25) is 0 Å². The summed E-state index contributed by atoms with van der Waals surface area (Å²) in [4.78, 5) is 0. The van der Waals surface area contributed by atoms with Gasteiger partial charge >= 0.3 is 0 Å². The first-order chi connectivity index (χ1) is 26.2. The van der Waals surface area contributed by atoms with Gasteiger partial charge in [-0.1, -0.05) is 91.0 Å². The second kappa shape index (κ2) is 16.7. The number of aryl methyl sites for hydroxylation is 3. The Balaban J connectivity index is 1.03. The lowest BCUT2D eigenvalue weighted by molar-refractivity contribution is -0.601. The van der Waals surface area contributed by atoms with Gasteiger partial charge in [-0.05, 0) is 108 Å². The Hall–Kier alpha value is -5.40. The van der Waals surface area contributed by atoms with E-state index in [9.17, 15) is 0 Å². The van der Waals surface area contributed by atoms with Crippen LogP contribution in [0.4, 0.5) is 0 Å². The zero-order chi connectivity index (χ0) is 37.6. The van der Waals surface area contributed by atoms with Crippen LogP contribution >= 0.6 is 0 Å². The first-order valence-electron chi connectivity index (χ1n) is 18.8. The Labute approximate surface area is 321 Å². The molecular formula is C48H51N3O3. The number of benzene rings is 3. The average Bonchev–Trinajstić information content (AvgIpc) is 3.17. The van der Waals surface area contributed by atoms with Gasteiger partial charge in [-0.15, -0.1) is 0 Å². The molecule has 1 aliphatic carbocycles. The van der Waals surface area contributed by atoms with Crippen molar-refractivity contribution in [1.29, 1.82) is 0 Å². The standard InChI is InChI=1S/C48H51N3O3/c1-34-13-7-10-16-43(34)46-22-19-37(28-49(46)4)31-52-40-25-41(53-32-38-20-23-47(50(5)29-38)44-17-11-8-14-35(44)2)27-42(26-40)54-33-39-21-24-48(51(6)30-39)45-18-12-9-15-36(45)3/h7-24,28-30,40-42H,4-6,25-27,31-33H2,1-3H3. The minimum Gasteiger partial charge on any atom is -0.374 e. The van der Waals surface area contributed by atoms with Crippen LogP contribution in [0.15, 0.2) is 128 Å². The molecule has 0 spiro atoms. The largest absolute Gasteiger partial charge is 0.374 e. The molecule has 1 saturated carbocycles. The zero-order valence-corrected chi connectivity index (χ0v) is 31.8. The summed E-state index contributed by atoms with van der Waals surface area (Å²) in [6.07, 6.45) is 8.51. The maximum atomic E-state index is 6.62. The van der Waals surface area contributed by atoms with Gasteiger partial charge in [0.05, 0.1) is 56.7 Å². The normalized spacial score (nSPS) is 17.1. The molecule has 276 valence electrons. The highest BCUT2D eigenvalue weighted by atomic mass is 16.5. The van der Waals surface area contributed by atoms with E-state index < -0.39 is 0 Å². The fourth-order valence-corrected chi connectivity index (χ4v) is 7.57. The lowest BCUT2D eigenvalue weighted by Crippen LogP contribution is -2.38. The Morgan fingerprint density at radius 2 is 0.704 bits per heavy atom. The molecule has 3 aromatic heterocycles. The van der Waals surface area contributed by atoms with E-state index in [2.05, 4.69) is 170 Å². The van der Waals surface area contributed by atoms with Crippen LogP contribution in [0.3, 0.4) is 0 Å². The summed E-state index contributed by atoms with van der Waals surface area (Å²) in [5.41, 5.74) is 13.6. The molecule has 0 radical (unpaired) electrons. The van der Waals surface area contributed by atoms with Crippen molar-refractivity contribution in [2.75, 3.05) is 0 Å². The molecule has 0 saturated heterocycles. The van der Waals surface area contributed by atoms with Gasteiger partial charge in [0, 0.05) is 21.1 Å². The second-order valence-electron chi connectivity index (χ2n) is 14.6. The van der Waals surface area contributed by atoms with E-state index in [1.807, 2.05) is 13.7 Å². The van der Waals surface area contributed by atoms with Crippen LogP contribution in [0.1, 0.15) is 52.6 Å². The van der Waals surface area contributed by atoms with E-state index in [1.165, 1.54) is 33.4 Å². The van der Waals surface area contributed by atoms with E-state index in [4.69, 9.17) is 14.2 Å². The minimum absolute atomic E-state index is 0.0227. The van der Waals surface area contributed by atoms with E-state index in [0.717, 1.165) is 53.0 Å². The molecule has 7 rings (SSSR count). The van der Waals surface area contributed by atoms with Crippen molar-refractivity contribution in [2.24, 2.45) is 0 Å². The second-order valence-corrected chi connectivity index (χ2v) is 14.6. The molecule has 54 heavy (non-hydrogen) atoms. The molecule has 0 amide bonds. The summed E-state index contributed by atoms with van der Waals surface area (Å²) in [6.45, 7) is 7.83. The summed E-state index contributed by atoms with van der Waals surface area (Å²) in [5.74, 6) is 0. The van der Waals surface area contributed by atoms with Crippen molar-refractivity contribution in [3.63, 3.8) is 0 Å². The number of hydrogen-bond acceptors (Lipinski definition) is 3. The monoisotopic (exact) mass is 717 g/mol. The maximum absolute atomic E-state index is 6.62. The first kappa shape index (κ1) is 36.9. The number of aromatic nitrogens is 3. The Bertz CT molecular complexity index is 1970. The van der Waals surface area contributed by atoms with E-state index in [1.54, 1.807) is 0 Å². The predicted octanol–water partition coefficient (Wildman–Crippen LogP) is 8.63. The molecule has 0 unspecified atom stereocenters. The Kier molecular flexibility index (Phi) is 11.4. The van der Waals surface area contributed by atoms with Crippen molar-refractivity contribution < 1.29 is 27.9 Å². The van der Waals surface area contributed by atoms with Crippen LogP contribution in [0.5, 0.6) is 0 Å². The van der Waals surface area contributed by atoms with Gasteiger partial charge < -0.3 is 27.9 Å². The molecule has 6 heteroatoms.